The van der Waals surface area contributed by atoms with E-state index in [0.29, 0.717) is 0 Å². The number of nitrogens with zero attached hydrogens (tertiary/aromatic N) is 2. The highest BCUT2D eigenvalue weighted by Gasteiger charge is 2.24. The van der Waals surface area contributed by atoms with Gasteiger partial charge in [-0.1, -0.05) is 26.7 Å². The maximum Gasteiger partial charge on any atom is 0.0669 e. The van der Waals surface area contributed by atoms with Crippen LogP contribution in [0.5, 0.6) is 0 Å². The summed E-state index contributed by atoms with van der Waals surface area (Å²) in [6.07, 6.45) is 7.44. The fraction of sp³-hybridized carbons (Fsp3) is 0.923. The third-order valence-corrected chi connectivity index (χ3v) is 3.40. The van der Waals surface area contributed by atoms with Crippen LogP contribution in [-0.2, 0) is 0 Å². The summed E-state index contributed by atoms with van der Waals surface area (Å²) in [6.45, 7) is 6.74. The van der Waals surface area contributed by atoms with Crippen molar-refractivity contribution in [1.29, 1.82) is 5.26 Å². The minimum atomic E-state index is 0.287. The van der Waals surface area contributed by atoms with E-state index in [-0.39, 0.29) is 5.92 Å². The third-order valence-electron chi connectivity index (χ3n) is 3.40. The Morgan fingerprint density at radius 1 is 1.33 bits per heavy atom. The topological polar surface area (TPSA) is 27.0 Å². The lowest BCUT2D eigenvalue weighted by atomic mass is 9.95. The molecule has 15 heavy (non-hydrogen) atoms. The zero-order chi connectivity index (χ0) is 11.1. The lowest BCUT2D eigenvalue weighted by molar-refractivity contribution is 0.127. The first-order chi connectivity index (χ1) is 7.31. The van der Waals surface area contributed by atoms with E-state index in [2.05, 4.69) is 24.8 Å². The Morgan fingerprint density at radius 2 is 2.00 bits per heavy atom. The van der Waals surface area contributed by atoms with Crippen molar-refractivity contribution in [3.05, 3.63) is 0 Å². The summed E-state index contributed by atoms with van der Waals surface area (Å²) in [5, 5.41) is 8.97. The van der Waals surface area contributed by atoms with E-state index in [0.717, 1.165) is 19.0 Å². The summed E-state index contributed by atoms with van der Waals surface area (Å²) in [4.78, 5) is 2.56. The molecule has 2 heteroatoms. The lowest BCUT2D eigenvalue weighted by Gasteiger charge is -2.36. The van der Waals surface area contributed by atoms with Gasteiger partial charge in [0, 0.05) is 12.6 Å². The molecule has 2 nitrogen and oxygen atoms in total. The van der Waals surface area contributed by atoms with Crippen molar-refractivity contribution in [3.8, 4) is 6.07 Å². The molecule has 0 bridgehead atoms. The van der Waals surface area contributed by atoms with Gasteiger partial charge in [-0.25, -0.2) is 0 Å². The number of rotatable bonds is 5. The summed E-state index contributed by atoms with van der Waals surface area (Å²) in [5.74, 6) is 0.287. The van der Waals surface area contributed by atoms with Crippen molar-refractivity contribution in [2.45, 2.75) is 58.4 Å². The lowest BCUT2D eigenvalue weighted by Crippen LogP contribution is -2.42. The van der Waals surface area contributed by atoms with Crippen molar-refractivity contribution in [2.75, 3.05) is 13.1 Å². The van der Waals surface area contributed by atoms with E-state index in [1.165, 1.54) is 38.6 Å². The highest BCUT2D eigenvalue weighted by atomic mass is 15.2. The van der Waals surface area contributed by atoms with Crippen LogP contribution in [0, 0.1) is 17.2 Å². The Labute approximate surface area is 94.3 Å². The van der Waals surface area contributed by atoms with Crippen LogP contribution in [0.4, 0.5) is 0 Å². The molecule has 0 spiro atoms. The van der Waals surface area contributed by atoms with Gasteiger partial charge in [0.25, 0.3) is 0 Å². The molecule has 0 amide bonds. The molecule has 1 aliphatic rings. The number of hydrogen-bond donors (Lipinski definition) is 0. The van der Waals surface area contributed by atoms with Crippen molar-refractivity contribution in [2.24, 2.45) is 5.92 Å². The number of hydrogen-bond acceptors (Lipinski definition) is 2. The quantitative estimate of drug-likeness (QED) is 0.694. The van der Waals surface area contributed by atoms with Crippen LogP contribution in [-0.4, -0.2) is 24.0 Å². The Balaban J connectivity index is 2.47. The van der Waals surface area contributed by atoms with Crippen LogP contribution in [0.1, 0.15) is 52.4 Å². The van der Waals surface area contributed by atoms with Gasteiger partial charge in [0.15, 0.2) is 0 Å². The first kappa shape index (κ1) is 12.5. The second-order valence-electron chi connectivity index (χ2n) is 4.69. The molecule has 1 atom stereocenters. The van der Waals surface area contributed by atoms with E-state index >= 15 is 0 Å². The van der Waals surface area contributed by atoms with Crippen molar-refractivity contribution < 1.29 is 0 Å². The van der Waals surface area contributed by atoms with E-state index in [1.807, 2.05) is 0 Å². The molecule has 0 aromatic carbocycles. The van der Waals surface area contributed by atoms with Crippen LogP contribution in [0.15, 0.2) is 0 Å². The van der Waals surface area contributed by atoms with Gasteiger partial charge in [-0.05, 0) is 32.2 Å². The molecule has 1 saturated heterocycles. The normalized spacial score (nSPS) is 22.9. The molecule has 1 heterocycles. The number of likely N-dealkylation sites (tertiary alicyclic amines) is 1. The minimum Gasteiger partial charge on any atom is -0.299 e. The van der Waals surface area contributed by atoms with Crippen molar-refractivity contribution >= 4 is 0 Å². The minimum absolute atomic E-state index is 0.287. The van der Waals surface area contributed by atoms with Gasteiger partial charge in [-0.3, -0.25) is 4.90 Å². The van der Waals surface area contributed by atoms with Crippen LogP contribution < -0.4 is 0 Å². The molecule has 0 aliphatic carbocycles. The van der Waals surface area contributed by atoms with E-state index in [4.69, 9.17) is 5.26 Å². The van der Waals surface area contributed by atoms with E-state index in [1.54, 1.807) is 0 Å². The molecular weight excluding hydrogens is 184 g/mol. The summed E-state index contributed by atoms with van der Waals surface area (Å²) < 4.78 is 0. The van der Waals surface area contributed by atoms with Crippen molar-refractivity contribution in [1.82, 2.24) is 4.90 Å². The van der Waals surface area contributed by atoms with Gasteiger partial charge in [0.05, 0.1) is 12.0 Å². The molecule has 0 radical (unpaired) electrons. The third kappa shape index (κ3) is 3.83. The van der Waals surface area contributed by atoms with Crippen LogP contribution in [0.3, 0.4) is 0 Å². The predicted molar refractivity (Wildman–Crippen MR) is 63.5 cm³/mol. The SMILES string of the molecule is CCCC(CCC)N1CCCC(C#N)C1. The molecule has 1 fully saturated rings. The Hall–Kier alpha value is -0.550. The zero-order valence-corrected chi connectivity index (χ0v) is 10.2. The number of piperidine rings is 1. The van der Waals surface area contributed by atoms with Gasteiger partial charge in [-0.2, -0.15) is 5.26 Å². The molecule has 0 saturated carbocycles. The van der Waals surface area contributed by atoms with Gasteiger partial charge in [0.1, 0.15) is 0 Å². The van der Waals surface area contributed by atoms with E-state index < -0.39 is 0 Å². The molecule has 1 aliphatic heterocycles. The van der Waals surface area contributed by atoms with Gasteiger partial charge in [-0.15, -0.1) is 0 Å². The summed E-state index contributed by atoms with van der Waals surface area (Å²) in [6, 6.07) is 3.16. The second-order valence-corrected chi connectivity index (χ2v) is 4.69. The van der Waals surface area contributed by atoms with Gasteiger partial charge >= 0.3 is 0 Å². The average molecular weight is 208 g/mol. The van der Waals surface area contributed by atoms with E-state index in [9.17, 15) is 0 Å². The highest BCUT2D eigenvalue weighted by Crippen LogP contribution is 2.22. The van der Waals surface area contributed by atoms with Crippen LogP contribution in [0.2, 0.25) is 0 Å². The maximum atomic E-state index is 8.97. The standard InChI is InChI=1S/C13H24N2/c1-3-6-13(7-4-2)15-9-5-8-12(10-14)11-15/h12-13H,3-9,11H2,1-2H3. The fourth-order valence-electron chi connectivity index (χ4n) is 2.62. The highest BCUT2D eigenvalue weighted by molar-refractivity contribution is 4.90. The monoisotopic (exact) mass is 208 g/mol. The molecule has 0 aromatic rings. The van der Waals surface area contributed by atoms with Gasteiger partial charge < -0.3 is 0 Å². The van der Waals surface area contributed by atoms with Crippen LogP contribution in [0.25, 0.3) is 0 Å². The maximum absolute atomic E-state index is 8.97. The van der Waals surface area contributed by atoms with Crippen molar-refractivity contribution in [3.63, 3.8) is 0 Å². The molecule has 1 rings (SSSR count). The van der Waals surface area contributed by atoms with Crippen LogP contribution >= 0.6 is 0 Å². The fourth-order valence-corrected chi connectivity index (χ4v) is 2.62. The largest absolute Gasteiger partial charge is 0.299 e. The molecule has 0 aromatic heterocycles. The summed E-state index contributed by atoms with van der Waals surface area (Å²) in [7, 11) is 0. The Kier molecular flexibility index (Phi) is 5.71. The summed E-state index contributed by atoms with van der Waals surface area (Å²) in [5.41, 5.74) is 0. The first-order valence-electron chi connectivity index (χ1n) is 6.45. The van der Waals surface area contributed by atoms with Gasteiger partial charge in [0.2, 0.25) is 0 Å². The second kappa shape index (κ2) is 6.85. The molecule has 0 N–H and O–H groups in total. The number of nitriles is 1. The predicted octanol–water partition coefficient (Wildman–Crippen LogP) is 3.19. The average Bonchev–Trinajstić information content (AvgIpc) is 2.29. The molecular formula is C13H24N2. The summed E-state index contributed by atoms with van der Waals surface area (Å²) >= 11 is 0. The Morgan fingerprint density at radius 3 is 2.53 bits per heavy atom. The first-order valence-corrected chi connectivity index (χ1v) is 6.45. The smallest absolute Gasteiger partial charge is 0.0669 e. The Bertz CT molecular complexity index is 201. The zero-order valence-electron chi connectivity index (χ0n) is 10.2. The molecule has 1 unspecified atom stereocenters. The molecule has 86 valence electrons.